The molecule has 0 aromatic carbocycles. The predicted molar refractivity (Wildman–Crippen MR) is 54.8 cm³/mol. The first kappa shape index (κ1) is 9.29. The number of hydrazine groups is 1. The molecule has 11 heavy (non-hydrogen) atoms. The van der Waals surface area contributed by atoms with Gasteiger partial charge in [-0.05, 0) is 12.8 Å². The summed E-state index contributed by atoms with van der Waals surface area (Å²) in [7, 11) is 1.97. The molecule has 4 heteroatoms. The van der Waals surface area contributed by atoms with Crippen LogP contribution in [-0.2, 0) is 0 Å². The molecular weight excluding hydrogens is 176 g/mol. The normalized spacial score (nSPS) is 19.8. The van der Waals surface area contributed by atoms with Crippen molar-refractivity contribution in [1.29, 1.82) is 0 Å². The summed E-state index contributed by atoms with van der Waals surface area (Å²) in [4.78, 5) is 0. The number of hydrogen-bond donors (Lipinski definition) is 1. The maximum absolute atomic E-state index is 4.95. The smallest absolute Gasteiger partial charge is 0.147 e. The van der Waals surface area contributed by atoms with E-state index in [1.54, 1.807) is 0 Å². The van der Waals surface area contributed by atoms with Crippen molar-refractivity contribution >= 4 is 29.2 Å². The summed E-state index contributed by atoms with van der Waals surface area (Å²) in [6.07, 6.45) is 3.91. The van der Waals surface area contributed by atoms with Crippen molar-refractivity contribution in [2.45, 2.75) is 19.3 Å². The first-order valence-electron chi connectivity index (χ1n) is 3.93. The molecule has 0 aliphatic carbocycles. The molecule has 0 spiro atoms. The maximum atomic E-state index is 4.95. The molecule has 0 saturated carbocycles. The predicted octanol–water partition coefficient (Wildman–Crippen LogP) is 1.53. The lowest BCUT2D eigenvalue weighted by atomic mass is 10.2. The molecule has 0 aromatic rings. The van der Waals surface area contributed by atoms with Gasteiger partial charge in [-0.3, -0.25) is 5.01 Å². The Hall–Kier alpha value is 0.200. The van der Waals surface area contributed by atoms with Crippen LogP contribution in [0.3, 0.4) is 0 Å². The fraction of sp³-hybridized carbons (Fsp3) is 0.857. The molecule has 0 amide bonds. The van der Waals surface area contributed by atoms with E-state index in [1.165, 1.54) is 19.3 Å². The maximum Gasteiger partial charge on any atom is 0.147 e. The lowest BCUT2D eigenvalue weighted by Crippen LogP contribution is -2.44. The number of thiol groups is 1. The van der Waals surface area contributed by atoms with Gasteiger partial charge in [0.25, 0.3) is 0 Å². The molecular formula is C7H14N2S2. The Balaban J connectivity index is 2.38. The van der Waals surface area contributed by atoms with Gasteiger partial charge >= 0.3 is 0 Å². The van der Waals surface area contributed by atoms with Crippen molar-refractivity contribution in [2.75, 3.05) is 20.1 Å². The van der Waals surface area contributed by atoms with Gasteiger partial charge in [0.1, 0.15) is 4.32 Å². The van der Waals surface area contributed by atoms with E-state index in [1.807, 2.05) is 12.1 Å². The van der Waals surface area contributed by atoms with Gasteiger partial charge in [-0.15, -0.1) is 12.6 Å². The molecule has 0 bridgehead atoms. The van der Waals surface area contributed by atoms with Gasteiger partial charge in [-0.25, -0.2) is 5.01 Å². The second-order valence-corrected chi connectivity index (χ2v) is 3.93. The lowest BCUT2D eigenvalue weighted by Gasteiger charge is -2.34. The highest BCUT2D eigenvalue weighted by atomic mass is 32.1. The third-order valence-electron chi connectivity index (χ3n) is 2.03. The van der Waals surface area contributed by atoms with E-state index in [0.717, 1.165) is 13.1 Å². The highest BCUT2D eigenvalue weighted by Crippen LogP contribution is 2.11. The van der Waals surface area contributed by atoms with E-state index in [9.17, 15) is 0 Å². The standard InChI is InChI=1S/C7H14N2S2/c1-8(7(10)11)9-5-3-2-4-6-9/h2-6H2,1H3,(H,10,11). The van der Waals surface area contributed by atoms with E-state index in [2.05, 4.69) is 17.6 Å². The van der Waals surface area contributed by atoms with E-state index in [4.69, 9.17) is 12.2 Å². The van der Waals surface area contributed by atoms with Gasteiger partial charge in [-0.1, -0.05) is 18.6 Å². The summed E-state index contributed by atoms with van der Waals surface area (Å²) < 4.78 is 0.659. The molecule has 1 saturated heterocycles. The average molecular weight is 190 g/mol. The Morgan fingerprint density at radius 3 is 2.36 bits per heavy atom. The van der Waals surface area contributed by atoms with Gasteiger partial charge < -0.3 is 0 Å². The molecule has 0 atom stereocenters. The fourth-order valence-corrected chi connectivity index (χ4v) is 1.54. The van der Waals surface area contributed by atoms with Gasteiger partial charge in [0, 0.05) is 20.1 Å². The Labute approximate surface area is 78.9 Å². The number of hydrogen-bond acceptors (Lipinski definition) is 2. The monoisotopic (exact) mass is 190 g/mol. The van der Waals surface area contributed by atoms with Crippen molar-refractivity contribution < 1.29 is 0 Å². The van der Waals surface area contributed by atoms with E-state index in [0.29, 0.717) is 4.32 Å². The van der Waals surface area contributed by atoms with Crippen LogP contribution in [0, 0.1) is 0 Å². The summed E-state index contributed by atoms with van der Waals surface area (Å²) in [5.74, 6) is 0. The van der Waals surface area contributed by atoms with Crippen LogP contribution in [0.25, 0.3) is 0 Å². The molecule has 1 heterocycles. The minimum Gasteiger partial charge on any atom is -0.294 e. The summed E-state index contributed by atoms with van der Waals surface area (Å²) in [5, 5.41) is 4.20. The zero-order valence-electron chi connectivity index (χ0n) is 6.79. The SMILES string of the molecule is CN(C(=S)S)N1CCCCC1. The average Bonchev–Trinajstić information content (AvgIpc) is 2.05. The van der Waals surface area contributed by atoms with Crippen molar-refractivity contribution in [1.82, 2.24) is 10.0 Å². The van der Waals surface area contributed by atoms with Crippen LogP contribution >= 0.6 is 24.8 Å². The molecule has 1 aliphatic heterocycles. The van der Waals surface area contributed by atoms with Crippen LogP contribution in [-0.4, -0.2) is 34.5 Å². The van der Waals surface area contributed by atoms with Gasteiger partial charge in [0.2, 0.25) is 0 Å². The second kappa shape index (κ2) is 4.28. The molecule has 0 radical (unpaired) electrons. The summed E-state index contributed by atoms with van der Waals surface area (Å²) >= 11 is 9.07. The third kappa shape index (κ3) is 2.61. The van der Waals surface area contributed by atoms with Gasteiger partial charge in [0.05, 0.1) is 0 Å². The van der Waals surface area contributed by atoms with E-state index in [-0.39, 0.29) is 0 Å². The fourth-order valence-electron chi connectivity index (χ4n) is 1.30. The zero-order chi connectivity index (χ0) is 8.27. The minimum atomic E-state index is 0.659. The summed E-state index contributed by atoms with van der Waals surface area (Å²) in [6.45, 7) is 2.24. The van der Waals surface area contributed by atoms with Crippen LogP contribution in [0.2, 0.25) is 0 Å². The van der Waals surface area contributed by atoms with Crippen molar-refractivity contribution in [3.63, 3.8) is 0 Å². The Bertz CT molecular complexity index is 143. The molecule has 64 valence electrons. The third-order valence-corrected chi connectivity index (χ3v) is 2.59. The van der Waals surface area contributed by atoms with Crippen LogP contribution in [0.15, 0.2) is 0 Å². The largest absolute Gasteiger partial charge is 0.294 e. The Kier molecular flexibility index (Phi) is 3.62. The molecule has 0 unspecified atom stereocenters. The number of piperidine rings is 1. The molecule has 1 aliphatic rings. The molecule has 0 N–H and O–H groups in total. The molecule has 1 fully saturated rings. The highest BCUT2D eigenvalue weighted by Gasteiger charge is 2.14. The zero-order valence-corrected chi connectivity index (χ0v) is 8.50. The van der Waals surface area contributed by atoms with E-state index >= 15 is 0 Å². The van der Waals surface area contributed by atoms with Crippen LogP contribution < -0.4 is 0 Å². The van der Waals surface area contributed by atoms with Crippen LogP contribution in [0.5, 0.6) is 0 Å². The van der Waals surface area contributed by atoms with E-state index < -0.39 is 0 Å². The van der Waals surface area contributed by atoms with Crippen molar-refractivity contribution in [3.8, 4) is 0 Å². The van der Waals surface area contributed by atoms with Gasteiger partial charge in [0.15, 0.2) is 0 Å². The Morgan fingerprint density at radius 2 is 1.91 bits per heavy atom. The molecule has 2 nitrogen and oxygen atoms in total. The van der Waals surface area contributed by atoms with Crippen LogP contribution in [0.4, 0.5) is 0 Å². The quantitative estimate of drug-likeness (QED) is 0.495. The first-order chi connectivity index (χ1) is 5.22. The molecule has 0 aromatic heterocycles. The van der Waals surface area contributed by atoms with Crippen molar-refractivity contribution in [2.24, 2.45) is 0 Å². The second-order valence-electron chi connectivity index (χ2n) is 2.82. The Morgan fingerprint density at radius 1 is 1.36 bits per heavy atom. The number of nitrogens with zero attached hydrogens (tertiary/aromatic N) is 2. The summed E-state index contributed by atoms with van der Waals surface area (Å²) in [5.41, 5.74) is 0. The van der Waals surface area contributed by atoms with Crippen LogP contribution in [0.1, 0.15) is 19.3 Å². The number of rotatable bonds is 1. The first-order valence-corrected chi connectivity index (χ1v) is 4.79. The minimum absolute atomic E-state index is 0.659. The van der Waals surface area contributed by atoms with Gasteiger partial charge in [-0.2, -0.15) is 0 Å². The lowest BCUT2D eigenvalue weighted by molar-refractivity contribution is 0.0535. The summed E-state index contributed by atoms with van der Waals surface area (Å²) in [6, 6.07) is 0. The molecule has 1 rings (SSSR count). The number of thiocarbonyl (C=S) groups is 1. The topological polar surface area (TPSA) is 6.48 Å². The highest BCUT2D eigenvalue weighted by molar-refractivity contribution is 8.10. The van der Waals surface area contributed by atoms with Crippen molar-refractivity contribution in [3.05, 3.63) is 0 Å².